The molecule has 88 valence electrons. The maximum atomic E-state index is 6.28. The molecule has 1 heterocycles. The lowest BCUT2D eigenvalue weighted by atomic mass is 9.97. The molecule has 0 aromatic heterocycles. The first-order valence-electron chi connectivity index (χ1n) is 5.49. The van der Waals surface area contributed by atoms with Gasteiger partial charge in [-0.3, -0.25) is 4.84 Å². The summed E-state index contributed by atoms with van der Waals surface area (Å²) in [6.45, 7) is 2.64. The summed E-state index contributed by atoms with van der Waals surface area (Å²) in [7, 11) is 2.14. The number of hydrogen-bond donors (Lipinski definition) is 1. The topological polar surface area (TPSA) is 38.5 Å². The smallest absolute Gasteiger partial charge is 0.0930 e. The average Bonchev–Trinajstić information content (AvgIpc) is 2.65. The van der Waals surface area contributed by atoms with Crippen LogP contribution in [-0.4, -0.2) is 25.0 Å². The van der Waals surface area contributed by atoms with Gasteiger partial charge in [0, 0.05) is 11.6 Å². The monoisotopic (exact) mass is 240 g/mol. The Kier molecular flexibility index (Phi) is 3.82. The van der Waals surface area contributed by atoms with E-state index >= 15 is 0 Å². The van der Waals surface area contributed by atoms with Gasteiger partial charge in [-0.15, -0.1) is 0 Å². The van der Waals surface area contributed by atoms with E-state index in [9.17, 15) is 0 Å². The third kappa shape index (κ3) is 2.55. The molecule has 2 N–H and O–H groups in total. The molecular weight excluding hydrogens is 224 g/mol. The number of nitrogens with two attached hydrogens (primary N) is 1. The lowest BCUT2D eigenvalue weighted by Gasteiger charge is -2.13. The fraction of sp³-hybridized carbons (Fsp3) is 0.500. The molecule has 1 aromatic rings. The second kappa shape index (κ2) is 5.15. The largest absolute Gasteiger partial charge is 0.306 e. The number of rotatable bonds is 3. The Morgan fingerprint density at radius 2 is 2.38 bits per heavy atom. The lowest BCUT2D eigenvalue weighted by molar-refractivity contribution is 0.124. The van der Waals surface area contributed by atoms with Crippen LogP contribution in [0.1, 0.15) is 23.5 Å². The highest BCUT2D eigenvalue weighted by molar-refractivity contribution is 6.31. The standard InChI is InChI=1S/C12H17ClN2O/c1-15-5-4-10(7-15)11-3-2-9(8-16-14)6-12(11)13/h2-3,6,10H,4-5,7-8,14H2,1H3. The van der Waals surface area contributed by atoms with Gasteiger partial charge in [0.1, 0.15) is 0 Å². The summed E-state index contributed by atoms with van der Waals surface area (Å²) in [5.74, 6) is 5.60. The molecule has 3 nitrogen and oxygen atoms in total. The number of halogens is 1. The minimum atomic E-state index is 0.407. The summed E-state index contributed by atoms with van der Waals surface area (Å²) < 4.78 is 0. The molecule has 0 aliphatic carbocycles. The van der Waals surface area contributed by atoms with Gasteiger partial charge in [-0.2, -0.15) is 0 Å². The van der Waals surface area contributed by atoms with Crippen molar-refractivity contribution >= 4 is 11.6 Å². The lowest BCUT2D eigenvalue weighted by Crippen LogP contribution is -2.13. The van der Waals surface area contributed by atoms with Gasteiger partial charge in [0.2, 0.25) is 0 Å². The molecular formula is C12H17ClN2O. The van der Waals surface area contributed by atoms with E-state index in [1.54, 1.807) is 0 Å². The summed E-state index contributed by atoms with van der Waals surface area (Å²) in [5, 5.41) is 0.829. The van der Waals surface area contributed by atoms with Crippen molar-refractivity contribution in [2.75, 3.05) is 20.1 Å². The van der Waals surface area contributed by atoms with Crippen LogP contribution in [0.5, 0.6) is 0 Å². The average molecular weight is 241 g/mol. The zero-order valence-corrected chi connectivity index (χ0v) is 10.2. The van der Waals surface area contributed by atoms with E-state index in [2.05, 4.69) is 22.9 Å². The van der Waals surface area contributed by atoms with E-state index in [1.165, 1.54) is 12.0 Å². The first-order chi connectivity index (χ1) is 7.70. The SMILES string of the molecule is CN1CCC(c2ccc(CON)cc2Cl)C1. The molecule has 1 aliphatic heterocycles. The van der Waals surface area contributed by atoms with Crippen molar-refractivity contribution in [3.05, 3.63) is 34.3 Å². The van der Waals surface area contributed by atoms with Crippen molar-refractivity contribution in [1.82, 2.24) is 4.90 Å². The van der Waals surface area contributed by atoms with Gasteiger partial charge in [0.05, 0.1) is 6.61 Å². The van der Waals surface area contributed by atoms with Crippen LogP contribution in [0.15, 0.2) is 18.2 Å². The van der Waals surface area contributed by atoms with Crippen LogP contribution in [0.3, 0.4) is 0 Å². The molecule has 0 radical (unpaired) electrons. The molecule has 1 fully saturated rings. The Morgan fingerprint density at radius 3 is 2.94 bits per heavy atom. The minimum absolute atomic E-state index is 0.407. The molecule has 1 aromatic carbocycles. The van der Waals surface area contributed by atoms with Crippen molar-refractivity contribution in [1.29, 1.82) is 0 Å². The molecule has 0 saturated carbocycles. The van der Waals surface area contributed by atoms with Gasteiger partial charge in [0.25, 0.3) is 0 Å². The Bertz CT molecular complexity index is 370. The van der Waals surface area contributed by atoms with Crippen LogP contribution in [-0.2, 0) is 11.4 Å². The molecule has 1 unspecified atom stereocenters. The van der Waals surface area contributed by atoms with Crippen molar-refractivity contribution in [3.8, 4) is 0 Å². The predicted octanol–water partition coefficient (Wildman–Crippen LogP) is 2.15. The molecule has 1 aliphatic rings. The maximum Gasteiger partial charge on any atom is 0.0930 e. The highest BCUT2D eigenvalue weighted by Gasteiger charge is 2.22. The first-order valence-corrected chi connectivity index (χ1v) is 5.87. The number of likely N-dealkylation sites (tertiary alicyclic amines) is 1. The molecule has 0 amide bonds. The molecule has 1 saturated heterocycles. The van der Waals surface area contributed by atoms with Crippen LogP contribution < -0.4 is 5.90 Å². The Labute approximate surface area is 101 Å². The zero-order chi connectivity index (χ0) is 11.5. The third-order valence-electron chi connectivity index (χ3n) is 3.15. The second-order valence-electron chi connectivity index (χ2n) is 4.41. The highest BCUT2D eigenvalue weighted by Crippen LogP contribution is 2.32. The summed E-state index contributed by atoms with van der Waals surface area (Å²) in [4.78, 5) is 6.93. The normalized spacial score (nSPS) is 21.6. The van der Waals surface area contributed by atoms with E-state index < -0.39 is 0 Å². The summed E-state index contributed by atoms with van der Waals surface area (Å²) in [5.41, 5.74) is 2.26. The quantitative estimate of drug-likeness (QED) is 0.823. The van der Waals surface area contributed by atoms with E-state index in [-0.39, 0.29) is 0 Å². The second-order valence-corrected chi connectivity index (χ2v) is 4.82. The van der Waals surface area contributed by atoms with Crippen LogP contribution in [0.4, 0.5) is 0 Å². The first kappa shape index (κ1) is 11.9. The Hall–Kier alpha value is -0.610. The van der Waals surface area contributed by atoms with Crippen LogP contribution >= 0.6 is 11.6 Å². The van der Waals surface area contributed by atoms with E-state index in [0.29, 0.717) is 12.5 Å². The molecule has 1 atom stereocenters. The number of hydrogen-bond acceptors (Lipinski definition) is 3. The van der Waals surface area contributed by atoms with E-state index in [0.717, 1.165) is 23.7 Å². The summed E-state index contributed by atoms with van der Waals surface area (Å²) in [6, 6.07) is 6.08. The van der Waals surface area contributed by atoms with Gasteiger partial charge in [-0.05, 0) is 43.1 Å². The van der Waals surface area contributed by atoms with E-state index in [4.69, 9.17) is 17.5 Å². The van der Waals surface area contributed by atoms with Crippen molar-refractivity contribution in [3.63, 3.8) is 0 Å². The van der Waals surface area contributed by atoms with Gasteiger partial charge in [-0.1, -0.05) is 23.7 Å². The molecule has 2 rings (SSSR count). The fourth-order valence-electron chi connectivity index (χ4n) is 2.28. The minimum Gasteiger partial charge on any atom is -0.306 e. The molecule has 0 spiro atoms. The van der Waals surface area contributed by atoms with Crippen molar-refractivity contribution in [2.45, 2.75) is 18.9 Å². The van der Waals surface area contributed by atoms with Gasteiger partial charge >= 0.3 is 0 Å². The Morgan fingerprint density at radius 1 is 1.56 bits per heavy atom. The summed E-state index contributed by atoms with van der Waals surface area (Å²) in [6.07, 6.45) is 1.18. The summed E-state index contributed by atoms with van der Waals surface area (Å²) >= 11 is 6.28. The number of benzene rings is 1. The Balaban J connectivity index is 2.16. The van der Waals surface area contributed by atoms with Crippen LogP contribution in [0.25, 0.3) is 0 Å². The van der Waals surface area contributed by atoms with Crippen molar-refractivity contribution in [2.24, 2.45) is 5.90 Å². The maximum absolute atomic E-state index is 6.28. The van der Waals surface area contributed by atoms with Gasteiger partial charge in [0.15, 0.2) is 0 Å². The van der Waals surface area contributed by atoms with Crippen molar-refractivity contribution < 1.29 is 4.84 Å². The third-order valence-corrected chi connectivity index (χ3v) is 3.47. The number of likely N-dealkylation sites (N-methyl/N-ethyl adjacent to an activating group) is 1. The number of nitrogens with zero attached hydrogens (tertiary/aromatic N) is 1. The molecule has 4 heteroatoms. The van der Waals surface area contributed by atoms with Gasteiger partial charge in [-0.25, -0.2) is 5.90 Å². The highest BCUT2D eigenvalue weighted by atomic mass is 35.5. The molecule has 0 bridgehead atoms. The zero-order valence-electron chi connectivity index (χ0n) is 9.45. The van der Waals surface area contributed by atoms with Crippen LogP contribution in [0.2, 0.25) is 5.02 Å². The van der Waals surface area contributed by atoms with Crippen LogP contribution in [0, 0.1) is 0 Å². The van der Waals surface area contributed by atoms with Gasteiger partial charge < -0.3 is 4.90 Å². The fourth-order valence-corrected chi connectivity index (χ4v) is 2.63. The molecule has 16 heavy (non-hydrogen) atoms. The van der Waals surface area contributed by atoms with E-state index in [1.807, 2.05) is 12.1 Å². The predicted molar refractivity (Wildman–Crippen MR) is 65.3 cm³/mol.